The Morgan fingerprint density at radius 1 is 1.39 bits per heavy atom. The second kappa shape index (κ2) is 8.73. The summed E-state index contributed by atoms with van der Waals surface area (Å²) in [5.41, 5.74) is 3.14. The van der Waals surface area contributed by atoms with Gasteiger partial charge in [-0.1, -0.05) is 26.0 Å². The number of benzene rings is 1. The number of nitrogens with one attached hydrogen (secondary N) is 2. The predicted molar refractivity (Wildman–Crippen MR) is 110 cm³/mol. The summed E-state index contributed by atoms with van der Waals surface area (Å²) in [7, 11) is 1.80. The molecule has 1 aliphatic rings. The molecule has 3 rings (SSSR count). The van der Waals surface area contributed by atoms with Crippen molar-refractivity contribution in [3.8, 4) is 0 Å². The first kappa shape index (κ1) is 20.3. The summed E-state index contributed by atoms with van der Waals surface area (Å²) in [6, 6.07) is 5.69. The number of rotatable bonds is 7. The lowest BCUT2D eigenvalue weighted by atomic mass is 10.1. The summed E-state index contributed by atoms with van der Waals surface area (Å²) in [4.78, 5) is 36.9. The van der Waals surface area contributed by atoms with Gasteiger partial charge in [-0.05, 0) is 24.5 Å². The van der Waals surface area contributed by atoms with Crippen LogP contribution < -0.4 is 5.32 Å². The van der Waals surface area contributed by atoms with Crippen LogP contribution >= 0.6 is 0 Å². The van der Waals surface area contributed by atoms with E-state index in [1.54, 1.807) is 11.9 Å². The van der Waals surface area contributed by atoms with E-state index < -0.39 is 0 Å². The third kappa shape index (κ3) is 4.70. The standard InChI is InChI=1S/C21H31N5O2/c1-14(2)13-26-11-9-22-21(28)17(26)12-19(27)25(4)10-8-18-23-16-7-5-6-15(3)20(16)24-18/h5-7,14,17H,8-13H2,1-4H3,(H,22,28)(H,23,24)/t17-/m0/s1. The van der Waals surface area contributed by atoms with Gasteiger partial charge in [0.15, 0.2) is 0 Å². The van der Waals surface area contributed by atoms with Gasteiger partial charge in [0.25, 0.3) is 0 Å². The van der Waals surface area contributed by atoms with E-state index in [2.05, 4.69) is 34.0 Å². The van der Waals surface area contributed by atoms with Crippen molar-refractivity contribution in [1.82, 2.24) is 25.1 Å². The zero-order valence-electron chi connectivity index (χ0n) is 17.3. The van der Waals surface area contributed by atoms with Gasteiger partial charge >= 0.3 is 0 Å². The number of para-hydroxylation sites is 1. The first-order valence-electron chi connectivity index (χ1n) is 10.0. The molecule has 0 radical (unpaired) electrons. The van der Waals surface area contributed by atoms with Crippen molar-refractivity contribution >= 4 is 22.8 Å². The first-order chi connectivity index (χ1) is 13.3. The summed E-state index contributed by atoms with van der Waals surface area (Å²) in [6.07, 6.45) is 0.872. The molecule has 28 heavy (non-hydrogen) atoms. The number of fused-ring (bicyclic) bond motifs is 1. The van der Waals surface area contributed by atoms with Crippen LogP contribution in [0.4, 0.5) is 0 Å². The van der Waals surface area contributed by atoms with Crippen LogP contribution in [-0.2, 0) is 16.0 Å². The zero-order chi connectivity index (χ0) is 20.3. The van der Waals surface area contributed by atoms with Gasteiger partial charge in [0.1, 0.15) is 5.82 Å². The molecule has 0 saturated carbocycles. The van der Waals surface area contributed by atoms with Gasteiger partial charge in [-0.2, -0.15) is 0 Å². The smallest absolute Gasteiger partial charge is 0.237 e. The fourth-order valence-electron chi connectivity index (χ4n) is 3.74. The maximum absolute atomic E-state index is 12.7. The van der Waals surface area contributed by atoms with Crippen molar-refractivity contribution in [2.45, 2.75) is 39.7 Å². The number of aryl methyl sites for hydroxylation is 1. The Balaban J connectivity index is 1.58. The molecule has 152 valence electrons. The molecule has 1 aromatic heterocycles. The van der Waals surface area contributed by atoms with Crippen molar-refractivity contribution in [2.24, 2.45) is 5.92 Å². The number of carbonyl (C=O) groups is 2. The maximum atomic E-state index is 12.7. The van der Waals surface area contributed by atoms with Crippen molar-refractivity contribution in [3.63, 3.8) is 0 Å². The van der Waals surface area contributed by atoms with Crippen LogP contribution in [0.2, 0.25) is 0 Å². The van der Waals surface area contributed by atoms with E-state index in [-0.39, 0.29) is 24.3 Å². The topological polar surface area (TPSA) is 81.3 Å². The van der Waals surface area contributed by atoms with Crippen molar-refractivity contribution in [2.75, 3.05) is 33.2 Å². The number of aromatic amines is 1. The molecular weight excluding hydrogens is 354 g/mol. The number of imidazole rings is 1. The summed E-state index contributed by atoms with van der Waals surface area (Å²) < 4.78 is 0. The van der Waals surface area contributed by atoms with Crippen LogP contribution in [0.25, 0.3) is 11.0 Å². The fourth-order valence-corrected chi connectivity index (χ4v) is 3.74. The highest BCUT2D eigenvalue weighted by molar-refractivity contribution is 5.88. The van der Waals surface area contributed by atoms with Crippen LogP contribution in [0.5, 0.6) is 0 Å². The lowest BCUT2D eigenvalue weighted by molar-refractivity contribution is -0.138. The molecule has 2 aromatic rings. The Bertz CT molecular complexity index is 844. The number of amides is 2. The second-order valence-corrected chi connectivity index (χ2v) is 8.12. The summed E-state index contributed by atoms with van der Waals surface area (Å²) in [5, 5.41) is 2.89. The first-order valence-corrected chi connectivity index (χ1v) is 10.0. The van der Waals surface area contributed by atoms with E-state index in [1.807, 2.05) is 25.1 Å². The Morgan fingerprint density at radius 3 is 2.89 bits per heavy atom. The SMILES string of the molecule is Cc1cccc2[nH]c(CCN(C)C(=O)C[C@H]3C(=O)NCCN3CC(C)C)nc12. The van der Waals surface area contributed by atoms with Gasteiger partial charge in [0.05, 0.1) is 23.5 Å². The molecular formula is C21H31N5O2. The summed E-state index contributed by atoms with van der Waals surface area (Å²) in [5.74, 6) is 1.28. The van der Waals surface area contributed by atoms with Crippen LogP contribution in [-0.4, -0.2) is 70.9 Å². The molecule has 2 N–H and O–H groups in total. The lowest BCUT2D eigenvalue weighted by Gasteiger charge is -2.36. The lowest BCUT2D eigenvalue weighted by Crippen LogP contribution is -2.57. The molecule has 2 amide bonds. The van der Waals surface area contributed by atoms with Crippen LogP contribution in [0, 0.1) is 12.8 Å². The third-order valence-electron chi connectivity index (χ3n) is 5.28. The monoisotopic (exact) mass is 385 g/mol. The van der Waals surface area contributed by atoms with E-state index in [9.17, 15) is 9.59 Å². The molecule has 1 fully saturated rings. The molecule has 1 atom stereocenters. The number of hydrogen-bond acceptors (Lipinski definition) is 4. The summed E-state index contributed by atoms with van der Waals surface area (Å²) >= 11 is 0. The van der Waals surface area contributed by atoms with E-state index in [0.717, 1.165) is 35.5 Å². The molecule has 1 aromatic carbocycles. The minimum atomic E-state index is -0.375. The number of carbonyl (C=O) groups excluding carboxylic acids is 2. The van der Waals surface area contributed by atoms with E-state index in [0.29, 0.717) is 25.4 Å². The largest absolute Gasteiger partial charge is 0.353 e. The number of aromatic nitrogens is 2. The Morgan fingerprint density at radius 2 is 2.18 bits per heavy atom. The Kier molecular flexibility index (Phi) is 6.34. The van der Waals surface area contributed by atoms with Gasteiger partial charge in [-0.15, -0.1) is 0 Å². The molecule has 0 bridgehead atoms. The van der Waals surface area contributed by atoms with Crippen molar-refractivity contribution in [3.05, 3.63) is 29.6 Å². The second-order valence-electron chi connectivity index (χ2n) is 8.12. The van der Waals surface area contributed by atoms with Gasteiger partial charge in [0, 0.05) is 39.6 Å². The van der Waals surface area contributed by atoms with E-state index >= 15 is 0 Å². The van der Waals surface area contributed by atoms with Crippen LogP contribution in [0.3, 0.4) is 0 Å². The molecule has 2 heterocycles. The van der Waals surface area contributed by atoms with Gasteiger partial charge in [0.2, 0.25) is 11.8 Å². The number of H-pyrrole nitrogens is 1. The van der Waals surface area contributed by atoms with Crippen molar-refractivity contribution < 1.29 is 9.59 Å². The number of hydrogen-bond donors (Lipinski definition) is 2. The zero-order valence-corrected chi connectivity index (χ0v) is 17.3. The fraction of sp³-hybridized carbons (Fsp3) is 0.571. The third-order valence-corrected chi connectivity index (χ3v) is 5.28. The molecule has 0 spiro atoms. The van der Waals surface area contributed by atoms with Crippen LogP contribution in [0.1, 0.15) is 31.7 Å². The average Bonchev–Trinajstić information content (AvgIpc) is 3.06. The van der Waals surface area contributed by atoms with E-state index in [1.165, 1.54) is 0 Å². The number of likely N-dealkylation sites (N-methyl/N-ethyl adjacent to an activating group) is 1. The van der Waals surface area contributed by atoms with Gasteiger partial charge in [-0.3, -0.25) is 14.5 Å². The number of nitrogens with zero attached hydrogens (tertiary/aromatic N) is 3. The molecule has 1 saturated heterocycles. The van der Waals surface area contributed by atoms with Crippen LogP contribution in [0.15, 0.2) is 18.2 Å². The Labute approximate surface area is 166 Å². The van der Waals surface area contributed by atoms with Gasteiger partial charge < -0.3 is 15.2 Å². The average molecular weight is 386 g/mol. The highest BCUT2D eigenvalue weighted by Crippen LogP contribution is 2.16. The quantitative estimate of drug-likeness (QED) is 0.760. The predicted octanol–water partition coefficient (Wildman–Crippen LogP) is 1.72. The van der Waals surface area contributed by atoms with Gasteiger partial charge in [-0.25, -0.2) is 4.98 Å². The normalized spacial score (nSPS) is 17.9. The molecule has 7 nitrogen and oxygen atoms in total. The number of piperazine rings is 1. The Hall–Kier alpha value is -2.41. The molecule has 1 aliphatic heterocycles. The molecule has 7 heteroatoms. The van der Waals surface area contributed by atoms with E-state index in [4.69, 9.17) is 0 Å². The minimum absolute atomic E-state index is 0.0110. The highest BCUT2D eigenvalue weighted by atomic mass is 16.2. The summed E-state index contributed by atoms with van der Waals surface area (Å²) in [6.45, 7) is 9.14. The highest BCUT2D eigenvalue weighted by Gasteiger charge is 2.32. The minimum Gasteiger partial charge on any atom is -0.353 e. The maximum Gasteiger partial charge on any atom is 0.237 e. The van der Waals surface area contributed by atoms with Crippen molar-refractivity contribution in [1.29, 1.82) is 0 Å². The molecule has 0 aliphatic carbocycles. The molecule has 0 unspecified atom stereocenters.